The molecular weight excluding hydrogens is 310 g/mol. The van der Waals surface area contributed by atoms with Crippen molar-refractivity contribution in [1.82, 2.24) is 0 Å². The van der Waals surface area contributed by atoms with Crippen LogP contribution in [0.25, 0.3) is 0 Å². The van der Waals surface area contributed by atoms with Crippen LogP contribution in [0.4, 0.5) is 5.69 Å². The third kappa shape index (κ3) is 2.95. The molecule has 24 heavy (non-hydrogen) atoms. The highest BCUT2D eigenvalue weighted by molar-refractivity contribution is 6.06. The van der Waals surface area contributed by atoms with Gasteiger partial charge in [0.15, 0.2) is 23.0 Å². The molecule has 3 rings (SSSR count). The molecule has 0 bridgehead atoms. The smallest absolute Gasteiger partial charge is 0.258 e. The highest BCUT2D eigenvalue weighted by atomic mass is 16.6. The van der Waals surface area contributed by atoms with E-state index in [0.29, 0.717) is 41.8 Å². The molecular formula is C18H19NO5. The van der Waals surface area contributed by atoms with Crippen molar-refractivity contribution in [1.29, 1.82) is 0 Å². The number of methoxy groups -OCH3 is 2. The lowest BCUT2D eigenvalue weighted by Crippen LogP contribution is -2.26. The Hall–Kier alpha value is -2.89. The Morgan fingerprint density at radius 3 is 2.38 bits per heavy atom. The van der Waals surface area contributed by atoms with Crippen LogP contribution in [-0.4, -0.2) is 40.4 Å². The van der Waals surface area contributed by atoms with Gasteiger partial charge in [0, 0.05) is 24.4 Å². The predicted molar refractivity (Wildman–Crippen MR) is 89.7 cm³/mol. The fourth-order valence-corrected chi connectivity index (χ4v) is 2.52. The second-order valence-corrected chi connectivity index (χ2v) is 5.26. The van der Waals surface area contributed by atoms with Crippen molar-refractivity contribution in [3.63, 3.8) is 0 Å². The Morgan fingerprint density at radius 1 is 0.958 bits per heavy atom. The van der Waals surface area contributed by atoms with E-state index in [-0.39, 0.29) is 5.91 Å². The van der Waals surface area contributed by atoms with Crippen LogP contribution in [0.5, 0.6) is 23.0 Å². The van der Waals surface area contributed by atoms with Gasteiger partial charge in [-0.15, -0.1) is 0 Å². The topological polar surface area (TPSA) is 57.2 Å². The third-order valence-electron chi connectivity index (χ3n) is 3.85. The number of anilines is 1. The summed E-state index contributed by atoms with van der Waals surface area (Å²) in [6, 6.07) is 10.5. The summed E-state index contributed by atoms with van der Waals surface area (Å²) in [4.78, 5) is 14.3. The Balaban J connectivity index is 1.87. The van der Waals surface area contributed by atoms with Gasteiger partial charge < -0.3 is 23.8 Å². The fraction of sp³-hybridized carbons (Fsp3) is 0.278. The molecule has 0 atom stereocenters. The molecule has 1 aliphatic heterocycles. The van der Waals surface area contributed by atoms with E-state index in [1.54, 1.807) is 43.3 Å². The van der Waals surface area contributed by atoms with E-state index in [1.165, 1.54) is 7.11 Å². The number of carbonyl (C=O) groups is 1. The third-order valence-corrected chi connectivity index (χ3v) is 3.85. The van der Waals surface area contributed by atoms with Crippen molar-refractivity contribution >= 4 is 11.6 Å². The van der Waals surface area contributed by atoms with E-state index in [9.17, 15) is 4.79 Å². The van der Waals surface area contributed by atoms with Gasteiger partial charge in [-0.3, -0.25) is 4.79 Å². The van der Waals surface area contributed by atoms with Crippen molar-refractivity contribution in [3.8, 4) is 23.0 Å². The van der Waals surface area contributed by atoms with Crippen LogP contribution in [-0.2, 0) is 0 Å². The predicted octanol–water partition coefficient (Wildman–Crippen LogP) is 2.75. The maximum atomic E-state index is 12.7. The number of rotatable bonds is 4. The molecule has 0 aliphatic carbocycles. The Morgan fingerprint density at radius 2 is 1.67 bits per heavy atom. The second-order valence-electron chi connectivity index (χ2n) is 5.26. The average molecular weight is 329 g/mol. The molecule has 0 unspecified atom stereocenters. The number of fused-ring (bicyclic) bond motifs is 1. The molecule has 1 heterocycles. The molecule has 2 aromatic rings. The van der Waals surface area contributed by atoms with Crippen LogP contribution in [0.15, 0.2) is 36.4 Å². The summed E-state index contributed by atoms with van der Waals surface area (Å²) >= 11 is 0. The van der Waals surface area contributed by atoms with Crippen molar-refractivity contribution in [2.45, 2.75) is 0 Å². The van der Waals surface area contributed by atoms with E-state index in [4.69, 9.17) is 18.9 Å². The molecule has 0 spiro atoms. The first-order valence-corrected chi connectivity index (χ1v) is 7.53. The number of benzene rings is 2. The SMILES string of the molecule is COc1ccc(C(=O)N(C)c2ccc3c(c2)OCCO3)cc1OC. The summed E-state index contributed by atoms with van der Waals surface area (Å²) in [5.74, 6) is 2.27. The number of nitrogens with zero attached hydrogens (tertiary/aromatic N) is 1. The number of hydrogen-bond acceptors (Lipinski definition) is 5. The molecule has 0 N–H and O–H groups in total. The lowest BCUT2D eigenvalue weighted by Gasteiger charge is -2.22. The molecule has 126 valence electrons. The normalized spacial score (nSPS) is 12.5. The van der Waals surface area contributed by atoms with Crippen LogP contribution in [0.2, 0.25) is 0 Å². The van der Waals surface area contributed by atoms with E-state index < -0.39 is 0 Å². The van der Waals surface area contributed by atoms with Gasteiger partial charge in [0.2, 0.25) is 0 Å². The Bertz CT molecular complexity index is 759. The van der Waals surface area contributed by atoms with Gasteiger partial charge in [-0.2, -0.15) is 0 Å². The van der Waals surface area contributed by atoms with Crippen LogP contribution >= 0.6 is 0 Å². The zero-order valence-corrected chi connectivity index (χ0v) is 13.9. The molecule has 0 saturated carbocycles. The summed E-state index contributed by atoms with van der Waals surface area (Å²) in [7, 11) is 4.81. The van der Waals surface area contributed by atoms with Gasteiger partial charge in [-0.05, 0) is 30.3 Å². The molecule has 1 amide bonds. The van der Waals surface area contributed by atoms with E-state index in [1.807, 2.05) is 12.1 Å². The lowest BCUT2D eigenvalue weighted by molar-refractivity contribution is 0.0992. The largest absolute Gasteiger partial charge is 0.493 e. The van der Waals surface area contributed by atoms with Crippen LogP contribution in [0.3, 0.4) is 0 Å². The quantitative estimate of drug-likeness (QED) is 0.863. The van der Waals surface area contributed by atoms with Gasteiger partial charge in [0.05, 0.1) is 14.2 Å². The summed E-state index contributed by atoms with van der Waals surface area (Å²) < 4.78 is 21.5. The molecule has 6 heteroatoms. The van der Waals surface area contributed by atoms with Crippen LogP contribution < -0.4 is 23.8 Å². The lowest BCUT2D eigenvalue weighted by atomic mass is 10.1. The molecule has 0 saturated heterocycles. The molecule has 6 nitrogen and oxygen atoms in total. The molecule has 0 aromatic heterocycles. The molecule has 2 aromatic carbocycles. The van der Waals surface area contributed by atoms with Gasteiger partial charge in [-0.1, -0.05) is 0 Å². The van der Waals surface area contributed by atoms with Gasteiger partial charge in [0.25, 0.3) is 5.91 Å². The minimum absolute atomic E-state index is 0.160. The first-order valence-electron chi connectivity index (χ1n) is 7.53. The summed E-state index contributed by atoms with van der Waals surface area (Å²) in [6.45, 7) is 1.04. The standard InChI is InChI=1S/C18H19NO5/c1-19(13-5-7-15-17(11-13)24-9-8-23-15)18(20)12-4-6-14(21-2)16(10-12)22-3/h4-7,10-11H,8-9H2,1-3H3. The van der Waals surface area contributed by atoms with Crippen LogP contribution in [0.1, 0.15) is 10.4 Å². The zero-order chi connectivity index (χ0) is 17.1. The minimum Gasteiger partial charge on any atom is -0.493 e. The van der Waals surface area contributed by atoms with Crippen LogP contribution in [0, 0.1) is 0 Å². The highest BCUT2D eigenvalue weighted by Crippen LogP contribution is 2.34. The first-order chi connectivity index (χ1) is 11.6. The number of carbonyl (C=O) groups excluding carboxylic acids is 1. The first kappa shape index (κ1) is 16.0. The molecule has 1 aliphatic rings. The van der Waals surface area contributed by atoms with Crippen molar-refractivity contribution in [2.75, 3.05) is 39.4 Å². The summed E-state index contributed by atoms with van der Waals surface area (Å²) in [5, 5.41) is 0. The maximum Gasteiger partial charge on any atom is 0.258 e. The van der Waals surface area contributed by atoms with Crippen molar-refractivity contribution in [3.05, 3.63) is 42.0 Å². The number of amides is 1. The maximum absolute atomic E-state index is 12.7. The number of ether oxygens (including phenoxy) is 4. The van der Waals surface area contributed by atoms with Gasteiger partial charge >= 0.3 is 0 Å². The van der Waals surface area contributed by atoms with Crippen molar-refractivity contribution < 1.29 is 23.7 Å². The van der Waals surface area contributed by atoms with Gasteiger partial charge in [0.1, 0.15) is 13.2 Å². The Labute approximate surface area is 140 Å². The highest BCUT2D eigenvalue weighted by Gasteiger charge is 2.19. The summed E-state index contributed by atoms with van der Waals surface area (Å²) in [6.07, 6.45) is 0. The Kier molecular flexibility index (Phi) is 4.46. The number of hydrogen-bond donors (Lipinski definition) is 0. The molecule has 0 fully saturated rings. The van der Waals surface area contributed by atoms with E-state index >= 15 is 0 Å². The van der Waals surface area contributed by atoms with E-state index in [0.717, 1.165) is 5.69 Å². The summed E-state index contributed by atoms with van der Waals surface area (Å²) in [5.41, 5.74) is 1.23. The zero-order valence-electron chi connectivity index (χ0n) is 13.9. The minimum atomic E-state index is -0.160. The van der Waals surface area contributed by atoms with Gasteiger partial charge in [-0.25, -0.2) is 0 Å². The molecule has 0 radical (unpaired) electrons. The second kappa shape index (κ2) is 6.70. The average Bonchev–Trinajstić information content (AvgIpc) is 2.65. The van der Waals surface area contributed by atoms with Crippen molar-refractivity contribution in [2.24, 2.45) is 0 Å². The monoisotopic (exact) mass is 329 g/mol. The van der Waals surface area contributed by atoms with E-state index in [2.05, 4.69) is 0 Å². The fourth-order valence-electron chi connectivity index (χ4n) is 2.52.